The Kier molecular flexibility index (Phi) is 7.88. The number of carbonyl (C=O) groups excluding carboxylic acids is 1. The van der Waals surface area contributed by atoms with Crippen LogP contribution in [0, 0.1) is 5.92 Å². The van der Waals surface area contributed by atoms with Crippen molar-refractivity contribution in [1.29, 1.82) is 0 Å². The molecule has 0 heterocycles. The number of rotatable bonds is 9. The topological polar surface area (TPSA) is 46.5 Å². The summed E-state index contributed by atoms with van der Waals surface area (Å²) in [5, 5.41) is 9.31. The Balaban J connectivity index is 2.43. The summed E-state index contributed by atoms with van der Waals surface area (Å²) in [6.45, 7) is 6.82. The highest BCUT2D eigenvalue weighted by atomic mass is 16.5. The molecule has 0 fully saturated rings. The lowest BCUT2D eigenvalue weighted by Crippen LogP contribution is -2.18. The van der Waals surface area contributed by atoms with Gasteiger partial charge in [-0.3, -0.25) is 4.79 Å². The van der Waals surface area contributed by atoms with Crippen LogP contribution in [0.25, 0.3) is 0 Å². The van der Waals surface area contributed by atoms with Crippen LogP contribution < -0.4 is 0 Å². The van der Waals surface area contributed by atoms with Gasteiger partial charge in [0.05, 0.1) is 12.5 Å². The van der Waals surface area contributed by atoms with E-state index < -0.39 is 0 Å². The number of ether oxygens (including phenoxy) is 1. The number of phenols is 1. The molecule has 118 valence electrons. The Morgan fingerprint density at radius 2 is 1.86 bits per heavy atom. The Labute approximate surface area is 128 Å². The highest BCUT2D eigenvalue weighted by Crippen LogP contribution is 2.26. The highest BCUT2D eigenvalue weighted by Gasteiger charge is 2.19. The fourth-order valence-corrected chi connectivity index (χ4v) is 2.34. The van der Waals surface area contributed by atoms with E-state index in [4.69, 9.17) is 4.74 Å². The summed E-state index contributed by atoms with van der Waals surface area (Å²) >= 11 is 0. The summed E-state index contributed by atoms with van der Waals surface area (Å²) in [6.07, 6.45) is 4.61. The minimum Gasteiger partial charge on any atom is -0.508 e. The lowest BCUT2D eigenvalue weighted by atomic mass is 9.90. The molecule has 1 aromatic rings. The molecule has 3 heteroatoms. The van der Waals surface area contributed by atoms with Gasteiger partial charge in [-0.15, -0.1) is 0 Å². The maximum absolute atomic E-state index is 12.0. The van der Waals surface area contributed by atoms with E-state index in [0.29, 0.717) is 12.5 Å². The number of hydrogen-bond acceptors (Lipinski definition) is 3. The van der Waals surface area contributed by atoms with E-state index in [1.807, 2.05) is 19.1 Å². The van der Waals surface area contributed by atoms with Crippen LogP contribution in [-0.4, -0.2) is 17.7 Å². The maximum Gasteiger partial charge on any atom is 0.308 e. The summed E-state index contributed by atoms with van der Waals surface area (Å²) in [7, 11) is 0. The Morgan fingerprint density at radius 3 is 2.43 bits per heavy atom. The molecule has 0 aliphatic heterocycles. The zero-order valence-corrected chi connectivity index (χ0v) is 13.5. The van der Waals surface area contributed by atoms with Gasteiger partial charge < -0.3 is 9.84 Å². The van der Waals surface area contributed by atoms with Gasteiger partial charge in [0.15, 0.2) is 0 Å². The predicted molar refractivity (Wildman–Crippen MR) is 85.4 cm³/mol. The second-order valence-electron chi connectivity index (χ2n) is 5.70. The van der Waals surface area contributed by atoms with Gasteiger partial charge in [-0.05, 0) is 49.3 Å². The van der Waals surface area contributed by atoms with Crippen molar-refractivity contribution in [3.8, 4) is 5.75 Å². The normalized spacial score (nSPS) is 13.7. The molecule has 1 rings (SSSR count). The molecule has 0 aromatic heterocycles. The average Bonchev–Trinajstić information content (AvgIpc) is 2.48. The lowest BCUT2D eigenvalue weighted by Gasteiger charge is -2.17. The van der Waals surface area contributed by atoms with E-state index in [2.05, 4.69) is 13.8 Å². The third-order valence-electron chi connectivity index (χ3n) is 3.98. The summed E-state index contributed by atoms with van der Waals surface area (Å²) in [4.78, 5) is 12.0. The molecule has 0 spiro atoms. The molecule has 0 bridgehead atoms. The Bertz CT molecular complexity index is 411. The molecule has 0 saturated carbocycles. The van der Waals surface area contributed by atoms with Crippen molar-refractivity contribution in [1.82, 2.24) is 0 Å². The van der Waals surface area contributed by atoms with Gasteiger partial charge in [0.2, 0.25) is 0 Å². The third kappa shape index (κ3) is 6.19. The number of carbonyl (C=O) groups is 1. The molecule has 0 radical (unpaired) electrons. The Morgan fingerprint density at radius 1 is 1.19 bits per heavy atom. The van der Waals surface area contributed by atoms with Crippen LogP contribution in [0.2, 0.25) is 0 Å². The fraction of sp³-hybridized carbons (Fsp3) is 0.611. The monoisotopic (exact) mass is 292 g/mol. The van der Waals surface area contributed by atoms with Gasteiger partial charge in [-0.25, -0.2) is 0 Å². The zero-order chi connectivity index (χ0) is 15.7. The van der Waals surface area contributed by atoms with Crippen molar-refractivity contribution < 1.29 is 14.6 Å². The SMILES string of the molecule is CCCCOC(=O)C(CC)CCC(C)c1ccc(O)cc1. The minimum atomic E-state index is -0.0520. The number of benzene rings is 1. The molecular formula is C18H28O3. The largest absolute Gasteiger partial charge is 0.508 e. The van der Waals surface area contributed by atoms with Crippen molar-refractivity contribution in [2.45, 2.75) is 58.8 Å². The van der Waals surface area contributed by atoms with Crippen molar-refractivity contribution in [3.63, 3.8) is 0 Å². The van der Waals surface area contributed by atoms with Gasteiger partial charge >= 0.3 is 5.97 Å². The molecule has 3 nitrogen and oxygen atoms in total. The second kappa shape index (κ2) is 9.43. The quantitative estimate of drug-likeness (QED) is 0.532. The maximum atomic E-state index is 12.0. The summed E-state index contributed by atoms with van der Waals surface area (Å²) in [5.74, 6) is 0.616. The van der Waals surface area contributed by atoms with Crippen molar-refractivity contribution in [3.05, 3.63) is 29.8 Å². The van der Waals surface area contributed by atoms with Gasteiger partial charge in [0.1, 0.15) is 5.75 Å². The number of unbranched alkanes of at least 4 members (excludes halogenated alkanes) is 1. The second-order valence-corrected chi connectivity index (χ2v) is 5.70. The van der Waals surface area contributed by atoms with Crippen LogP contribution in [0.1, 0.15) is 64.4 Å². The average molecular weight is 292 g/mol. The van der Waals surface area contributed by atoms with Crippen molar-refractivity contribution in [2.75, 3.05) is 6.61 Å². The molecule has 21 heavy (non-hydrogen) atoms. The van der Waals surface area contributed by atoms with Crippen LogP contribution in [0.15, 0.2) is 24.3 Å². The first-order valence-electron chi connectivity index (χ1n) is 8.04. The Hall–Kier alpha value is -1.51. The van der Waals surface area contributed by atoms with Crippen LogP contribution >= 0.6 is 0 Å². The molecule has 0 saturated heterocycles. The number of phenolic OH excluding ortho intramolecular Hbond substituents is 1. The van der Waals surface area contributed by atoms with E-state index in [1.165, 1.54) is 5.56 Å². The van der Waals surface area contributed by atoms with E-state index in [0.717, 1.165) is 32.1 Å². The number of aromatic hydroxyl groups is 1. The fourth-order valence-electron chi connectivity index (χ4n) is 2.34. The molecule has 0 amide bonds. The van der Waals surface area contributed by atoms with Crippen molar-refractivity contribution in [2.24, 2.45) is 5.92 Å². The molecule has 0 aliphatic carbocycles. The van der Waals surface area contributed by atoms with Crippen LogP contribution in [0.3, 0.4) is 0 Å². The molecule has 1 N–H and O–H groups in total. The first-order valence-corrected chi connectivity index (χ1v) is 8.04. The first-order chi connectivity index (χ1) is 10.1. The van der Waals surface area contributed by atoms with Crippen molar-refractivity contribution >= 4 is 5.97 Å². The van der Waals surface area contributed by atoms with Gasteiger partial charge in [0, 0.05) is 0 Å². The predicted octanol–water partition coefficient (Wildman–Crippen LogP) is 4.65. The number of esters is 1. The van der Waals surface area contributed by atoms with Gasteiger partial charge in [0.25, 0.3) is 0 Å². The standard InChI is InChI=1S/C18H28O3/c1-4-6-13-21-18(20)15(5-2)8-7-14(3)16-9-11-17(19)12-10-16/h9-12,14-15,19H,4-8,13H2,1-3H3. The van der Waals surface area contributed by atoms with E-state index in [-0.39, 0.29) is 17.6 Å². The lowest BCUT2D eigenvalue weighted by molar-refractivity contribution is -0.149. The van der Waals surface area contributed by atoms with Crippen LogP contribution in [-0.2, 0) is 9.53 Å². The summed E-state index contributed by atoms with van der Waals surface area (Å²) in [6, 6.07) is 7.31. The van der Waals surface area contributed by atoms with Crippen LogP contribution in [0.5, 0.6) is 5.75 Å². The van der Waals surface area contributed by atoms with Gasteiger partial charge in [-0.2, -0.15) is 0 Å². The smallest absolute Gasteiger partial charge is 0.308 e. The minimum absolute atomic E-state index is 0.00132. The summed E-state index contributed by atoms with van der Waals surface area (Å²) < 4.78 is 5.32. The van der Waals surface area contributed by atoms with Crippen LogP contribution in [0.4, 0.5) is 0 Å². The zero-order valence-electron chi connectivity index (χ0n) is 13.5. The first kappa shape index (κ1) is 17.5. The third-order valence-corrected chi connectivity index (χ3v) is 3.98. The molecule has 2 unspecified atom stereocenters. The van der Waals surface area contributed by atoms with E-state index >= 15 is 0 Å². The molecule has 0 aliphatic rings. The molecule has 1 aromatic carbocycles. The highest BCUT2D eigenvalue weighted by molar-refractivity contribution is 5.72. The molecular weight excluding hydrogens is 264 g/mol. The summed E-state index contributed by atoms with van der Waals surface area (Å²) in [5.41, 5.74) is 1.20. The van der Waals surface area contributed by atoms with E-state index in [9.17, 15) is 9.90 Å². The number of hydrogen-bond donors (Lipinski definition) is 1. The van der Waals surface area contributed by atoms with Gasteiger partial charge in [-0.1, -0.05) is 39.3 Å². The molecule has 2 atom stereocenters. The van der Waals surface area contributed by atoms with E-state index in [1.54, 1.807) is 12.1 Å².